The van der Waals surface area contributed by atoms with E-state index in [9.17, 15) is 5.11 Å². The number of hydrogen-bond acceptors (Lipinski definition) is 4. The monoisotopic (exact) mass is 249 g/mol. The number of fused-ring (bicyclic) bond motifs is 1. The number of nitrogens with two attached hydrogens (primary N) is 1. The molecule has 0 radical (unpaired) electrons. The maximum absolute atomic E-state index is 10.1. The molecule has 0 bridgehead atoms. The first kappa shape index (κ1) is 13.0. The summed E-state index contributed by atoms with van der Waals surface area (Å²) in [4.78, 5) is 4.50. The minimum Gasteiger partial charge on any atom is -0.395 e. The summed E-state index contributed by atoms with van der Waals surface area (Å²) in [6, 6.07) is 7.73. The highest BCUT2D eigenvalue weighted by molar-refractivity contribution is 5.75. The van der Waals surface area contributed by atoms with Gasteiger partial charge in [-0.15, -0.1) is 0 Å². The first-order chi connectivity index (χ1) is 8.57. The largest absolute Gasteiger partial charge is 0.395 e. The van der Waals surface area contributed by atoms with Gasteiger partial charge in [0.15, 0.2) is 0 Å². The van der Waals surface area contributed by atoms with Crippen molar-refractivity contribution in [1.29, 1.82) is 0 Å². The third-order valence-corrected chi connectivity index (χ3v) is 3.04. The van der Waals surface area contributed by atoms with Crippen LogP contribution < -0.4 is 5.73 Å². The fourth-order valence-electron chi connectivity index (χ4n) is 2.02. The molecule has 1 unspecified atom stereocenters. The fourth-order valence-corrected chi connectivity index (χ4v) is 2.02. The molecule has 2 rings (SSSR count). The predicted octanol–water partition coefficient (Wildman–Crippen LogP) is 0.281. The number of aromatic nitrogens is 2. The Balaban J connectivity index is 2.45. The highest BCUT2D eigenvalue weighted by Gasteiger charge is 2.22. The van der Waals surface area contributed by atoms with Crippen LogP contribution in [0.15, 0.2) is 24.3 Å². The predicted molar refractivity (Wildman–Crippen MR) is 70.2 cm³/mol. The summed E-state index contributed by atoms with van der Waals surface area (Å²) in [7, 11) is 0. The van der Waals surface area contributed by atoms with E-state index in [-0.39, 0.29) is 13.2 Å². The second kappa shape index (κ2) is 5.06. The first-order valence-electron chi connectivity index (χ1n) is 6.05. The number of imidazole rings is 1. The van der Waals surface area contributed by atoms with E-state index in [1.807, 2.05) is 28.8 Å². The number of para-hydroxylation sites is 2. The Morgan fingerprint density at radius 2 is 2.11 bits per heavy atom. The highest BCUT2D eigenvalue weighted by Crippen LogP contribution is 2.19. The molecule has 1 aromatic carbocycles. The zero-order valence-corrected chi connectivity index (χ0v) is 10.5. The van der Waals surface area contributed by atoms with E-state index in [0.717, 1.165) is 16.9 Å². The van der Waals surface area contributed by atoms with Gasteiger partial charge in [0, 0.05) is 19.5 Å². The average molecular weight is 249 g/mol. The van der Waals surface area contributed by atoms with Gasteiger partial charge in [0.25, 0.3) is 0 Å². The van der Waals surface area contributed by atoms with Crippen LogP contribution >= 0.6 is 0 Å². The Kier molecular flexibility index (Phi) is 3.65. The topological polar surface area (TPSA) is 84.3 Å². The van der Waals surface area contributed by atoms with Gasteiger partial charge in [-0.25, -0.2) is 4.98 Å². The Bertz CT molecular complexity index is 534. The SMILES string of the molecule is CC(O)(CN)Cc1nc2ccccc2n1CCO. The normalized spacial score (nSPS) is 14.9. The van der Waals surface area contributed by atoms with Crippen molar-refractivity contribution in [2.24, 2.45) is 5.73 Å². The van der Waals surface area contributed by atoms with Crippen LogP contribution in [0, 0.1) is 0 Å². The molecule has 98 valence electrons. The second-order valence-corrected chi connectivity index (χ2v) is 4.77. The zero-order valence-electron chi connectivity index (χ0n) is 10.5. The number of aliphatic hydroxyl groups excluding tert-OH is 1. The van der Waals surface area contributed by atoms with Crippen LogP contribution in [-0.4, -0.2) is 38.5 Å². The van der Waals surface area contributed by atoms with Gasteiger partial charge in [-0.3, -0.25) is 0 Å². The summed E-state index contributed by atoms with van der Waals surface area (Å²) < 4.78 is 1.93. The Morgan fingerprint density at radius 3 is 2.78 bits per heavy atom. The Hall–Kier alpha value is -1.43. The van der Waals surface area contributed by atoms with Crippen molar-refractivity contribution < 1.29 is 10.2 Å². The van der Waals surface area contributed by atoms with E-state index >= 15 is 0 Å². The molecule has 0 aliphatic rings. The standard InChI is InChI=1S/C13H19N3O2/c1-13(18,9-14)8-12-15-10-4-2-3-5-11(10)16(12)6-7-17/h2-5,17-18H,6-9,14H2,1H3. The summed E-state index contributed by atoms with van der Waals surface area (Å²) in [5.74, 6) is 0.751. The van der Waals surface area contributed by atoms with E-state index in [4.69, 9.17) is 10.8 Å². The Morgan fingerprint density at radius 1 is 1.39 bits per heavy atom. The Labute approximate surface area is 106 Å². The summed E-state index contributed by atoms with van der Waals surface area (Å²) in [5.41, 5.74) is 6.39. The van der Waals surface area contributed by atoms with Crippen LogP contribution in [-0.2, 0) is 13.0 Å². The maximum atomic E-state index is 10.1. The smallest absolute Gasteiger partial charge is 0.112 e. The van der Waals surface area contributed by atoms with Gasteiger partial charge in [0.05, 0.1) is 23.2 Å². The minimum absolute atomic E-state index is 0.0398. The third kappa shape index (κ3) is 2.53. The molecule has 1 atom stereocenters. The molecular formula is C13H19N3O2. The molecule has 5 heteroatoms. The van der Waals surface area contributed by atoms with Gasteiger partial charge < -0.3 is 20.5 Å². The van der Waals surface area contributed by atoms with E-state index < -0.39 is 5.60 Å². The molecule has 1 heterocycles. The quantitative estimate of drug-likeness (QED) is 0.710. The van der Waals surface area contributed by atoms with E-state index in [2.05, 4.69) is 4.98 Å². The van der Waals surface area contributed by atoms with Crippen molar-refractivity contribution in [2.45, 2.75) is 25.5 Å². The van der Waals surface area contributed by atoms with Crippen molar-refractivity contribution in [3.05, 3.63) is 30.1 Å². The lowest BCUT2D eigenvalue weighted by molar-refractivity contribution is 0.0664. The van der Waals surface area contributed by atoms with Crippen LogP contribution in [0.1, 0.15) is 12.7 Å². The van der Waals surface area contributed by atoms with Gasteiger partial charge >= 0.3 is 0 Å². The average Bonchev–Trinajstić information content (AvgIpc) is 2.68. The van der Waals surface area contributed by atoms with Crippen LogP contribution in [0.3, 0.4) is 0 Å². The van der Waals surface area contributed by atoms with Gasteiger partial charge in [-0.2, -0.15) is 0 Å². The lowest BCUT2D eigenvalue weighted by atomic mass is 10.0. The lowest BCUT2D eigenvalue weighted by Crippen LogP contribution is -2.37. The number of rotatable bonds is 5. The molecule has 18 heavy (non-hydrogen) atoms. The van der Waals surface area contributed by atoms with Gasteiger partial charge in [0.2, 0.25) is 0 Å². The molecule has 4 N–H and O–H groups in total. The van der Waals surface area contributed by atoms with Gasteiger partial charge in [0.1, 0.15) is 5.82 Å². The molecule has 2 aromatic rings. The van der Waals surface area contributed by atoms with E-state index in [1.165, 1.54) is 0 Å². The van der Waals surface area contributed by atoms with Crippen molar-refractivity contribution >= 4 is 11.0 Å². The summed E-state index contributed by atoms with van der Waals surface area (Å²) in [5, 5.41) is 19.2. The molecule has 0 saturated heterocycles. The number of aliphatic hydroxyl groups is 2. The third-order valence-electron chi connectivity index (χ3n) is 3.04. The molecule has 0 spiro atoms. The molecule has 0 amide bonds. The van der Waals surface area contributed by atoms with Crippen LogP contribution in [0.4, 0.5) is 0 Å². The first-order valence-corrected chi connectivity index (χ1v) is 6.05. The van der Waals surface area contributed by atoms with Crippen molar-refractivity contribution in [2.75, 3.05) is 13.2 Å². The van der Waals surface area contributed by atoms with Crippen molar-refractivity contribution in [1.82, 2.24) is 9.55 Å². The van der Waals surface area contributed by atoms with Gasteiger partial charge in [-0.1, -0.05) is 12.1 Å². The molecule has 0 aliphatic carbocycles. The molecule has 5 nitrogen and oxygen atoms in total. The van der Waals surface area contributed by atoms with E-state index in [0.29, 0.717) is 13.0 Å². The maximum Gasteiger partial charge on any atom is 0.112 e. The fraction of sp³-hybridized carbons (Fsp3) is 0.462. The van der Waals surface area contributed by atoms with Crippen molar-refractivity contribution in [3.8, 4) is 0 Å². The molecule has 0 fully saturated rings. The minimum atomic E-state index is -0.978. The molecule has 0 aliphatic heterocycles. The summed E-state index contributed by atoms with van der Waals surface area (Å²) in [6.45, 7) is 2.37. The summed E-state index contributed by atoms with van der Waals surface area (Å²) >= 11 is 0. The van der Waals surface area contributed by atoms with Gasteiger partial charge in [-0.05, 0) is 19.1 Å². The zero-order chi connectivity index (χ0) is 13.2. The van der Waals surface area contributed by atoms with Crippen LogP contribution in [0.25, 0.3) is 11.0 Å². The van der Waals surface area contributed by atoms with Crippen LogP contribution in [0.2, 0.25) is 0 Å². The number of nitrogens with zero attached hydrogens (tertiary/aromatic N) is 2. The van der Waals surface area contributed by atoms with Crippen molar-refractivity contribution in [3.63, 3.8) is 0 Å². The number of benzene rings is 1. The van der Waals surface area contributed by atoms with Crippen LogP contribution in [0.5, 0.6) is 0 Å². The molecular weight excluding hydrogens is 230 g/mol. The lowest BCUT2D eigenvalue weighted by Gasteiger charge is -2.21. The second-order valence-electron chi connectivity index (χ2n) is 4.77. The number of hydrogen-bond donors (Lipinski definition) is 3. The highest BCUT2D eigenvalue weighted by atomic mass is 16.3. The summed E-state index contributed by atoms with van der Waals surface area (Å²) in [6.07, 6.45) is 0.373. The molecule has 0 saturated carbocycles. The molecule has 1 aromatic heterocycles. The van der Waals surface area contributed by atoms with E-state index in [1.54, 1.807) is 6.92 Å².